The lowest BCUT2D eigenvalue weighted by atomic mass is 10.2. The lowest BCUT2D eigenvalue weighted by molar-refractivity contribution is 0.101. The average molecular weight is 422 g/mol. The Morgan fingerprint density at radius 3 is 2.37 bits per heavy atom. The first-order valence-corrected chi connectivity index (χ1v) is 10.5. The highest BCUT2D eigenvalue weighted by atomic mass is 32.2. The number of phenols is 1. The number of amides is 1. The lowest BCUT2D eigenvalue weighted by Crippen LogP contribution is -2.37. The molecule has 0 aliphatic rings. The van der Waals surface area contributed by atoms with Gasteiger partial charge in [-0.1, -0.05) is 18.2 Å². The van der Waals surface area contributed by atoms with E-state index in [1.54, 1.807) is 25.1 Å². The van der Waals surface area contributed by atoms with E-state index < -0.39 is 15.9 Å². The monoisotopic (exact) mass is 422 g/mol. The van der Waals surface area contributed by atoms with Crippen LogP contribution in [0.25, 0.3) is 5.65 Å². The third-order valence-corrected chi connectivity index (χ3v) is 6.28. The molecule has 0 fully saturated rings. The lowest BCUT2D eigenvalue weighted by Gasteiger charge is -2.22. The van der Waals surface area contributed by atoms with Gasteiger partial charge in [-0.2, -0.15) is 9.40 Å². The Morgan fingerprint density at radius 2 is 1.70 bits per heavy atom. The number of aromatic nitrogens is 3. The molecule has 2 aromatic heterocycles. The summed E-state index contributed by atoms with van der Waals surface area (Å²) >= 11 is 0. The van der Waals surface area contributed by atoms with Crippen LogP contribution >= 0.6 is 0 Å². The minimum Gasteiger partial charge on any atom is -0.508 e. The molecule has 0 atom stereocenters. The van der Waals surface area contributed by atoms with Gasteiger partial charge < -0.3 is 5.11 Å². The minimum atomic E-state index is -4.24. The van der Waals surface area contributed by atoms with Crippen molar-refractivity contribution in [3.05, 3.63) is 83.8 Å². The van der Waals surface area contributed by atoms with E-state index in [4.69, 9.17) is 0 Å². The molecule has 0 aliphatic carbocycles. The summed E-state index contributed by atoms with van der Waals surface area (Å²) in [5.41, 5.74) is 1.85. The Balaban J connectivity index is 1.93. The first-order valence-electron chi connectivity index (χ1n) is 9.05. The van der Waals surface area contributed by atoms with Gasteiger partial charge in [-0.05, 0) is 56.3 Å². The van der Waals surface area contributed by atoms with Crippen LogP contribution in [0.5, 0.6) is 5.75 Å². The van der Waals surface area contributed by atoms with Gasteiger partial charge in [0, 0.05) is 11.4 Å². The van der Waals surface area contributed by atoms with Gasteiger partial charge >= 0.3 is 0 Å². The summed E-state index contributed by atoms with van der Waals surface area (Å²) in [7, 11) is -4.24. The molecule has 0 aliphatic heterocycles. The van der Waals surface area contributed by atoms with Crippen molar-refractivity contribution in [3.8, 4) is 5.75 Å². The van der Waals surface area contributed by atoms with Crippen LogP contribution in [0.15, 0.2) is 71.8 Å². The van der Waals surface area contributed by atoms with E-state index in [9.17, 15) is 18.3 Å². The molecule has 9 heteroatoms. The van der Waals surface area contributed by atoms with Crippen molar-refractivity contribution in [2.75, 3.05) is 4.31 Å². The number of anilines is 1. The van der Waals surface area contributed by atoms with Gasteiger partial charge in [0.15, 0.2) is 5.65 Å². The molecule has 4 aromatic rings. The Hall–Kier alpha value is -3.72. The number of aryl methyl sites for hydroxylation is 2. The van der Waals surface area contributed by atoms with Crippen LogP contribution in [-0.4, -0.2) is 34.0 Å². The number of carbonyl (C=O) groups excluding carboxylic acids is 1. The fraction of sp³-hybridized carbons (Fsp3) is 0.0952. The normalized spacial score (nSPS) is 11.5. The molecule has 1 amide bonds. The van der Waals surface area contributed by atoms with Crippen molar-refractivity contribution in [2.24, 2.45) is 0 Å². The van der Waals surface area contributed by atoms with Crippen molar-refractivity contribution in [3.63, 3.8) is 0 Å². The van der Waals surface area contributed by atoms with Crippen LogP contribution in [0.2, 0.25) is 0 Å². The standard InChI is InChI=1S/C21H18N4O4S/c1-14-12-15(2)24-20(23-14)19(13-22-24)21(27)25(16-8-10-17(26)11-9-16)30(28,29)18-6-4-3-5-7-18/h3-13,26H,1-2H3. The average Bonchev–Trinajstić information content (AvgIpc) is 3.14. The number of nitrogens with zero attached hydrogens (tertiary/aromatic N) is 4. The zero-order chi connectivity index (χ0) is 21.5. The van der Waals surface area contributed by atoms with E-state index in [1.165, 1.54) is 47.1 Å². The number of hydrogen-bond acceptors (Lipinski definition) is 6. The molecular formula is C21H18N4O4S. The van der Waals surface area contributed by atoms with Gasteiger partial charge in [-0.3, -0.25) is 4.79 Å². The summed E-state index contributed by atoms with van der Waals surface area (Å²) < 4.78 is 29.0. The smallest absolute Gasteiger partial charge is 0.277 e. The molecule has 152 valence electrons. The van der Waals surface area contributed by atoms with Crippen LogP contribution in [0.3, 0.4) is 0 Å². The van der Waals surface area contributed by atoms with Crippen LogP contribution in [0.1, 0.15) is 21.7 Å². The molecule has 4 rings (SSSR count). The summed E-state index contributed by atoms with van der Waals surface area (Å²) in [5, 5.41) is 13.8. The third-order valence-electron chi connectivity index (χ3n) is 4.56. The molecule has 0 saturated carbocycles. The second-order valence-corrected chi connectivity index (χ2v) is 8.52. The summed E-state index contributed by atoms with van der Waals surface area (Å²) in [6.07, 6.45) is 1.31. The maximum atomic E-state index is 13.5. The van der Waals surface area contributed by atoms with Crippen LogP contribution in [0.4, 0.5) is 5.69 Å². The van der Waals surface area contributed by atoms with E-state index in [1.807, 2.05) is 13.0 Å². The van der Waals surface area contributed by atoms with Gasteiger partial charge in [0.1, 0.15) is 11.3 Å². The highest BCUT2D eigenvalue weighted by Crippen LogP contribution is 2.28. The predicted octanol–water partition coefficient (Wildman–Crippen LogP) is 3.09. The molecule has 8 nitrogen and oxygen atoms in total. The molecule has 0 unspecified atom stereocenters. The number of sulfonamides is 1. The summed E-state index contributed by atoms with van der Waals surface area (Å²) in [5.74, 6) is -0.843. The zero-order valence-corrected chi connectivity index (χ0v) is 17.0. The largest absolute Gasteiger partial charge is 0.508 e. The van der Waals surface area contributed by atoms with Crippen molar-refractivity contribution >= 4 is 27.3 Å². The molecule has 0 bridgehead atoms. The van der Waals surface area contributed by atoms with Gasteiger partial charge in [0.25, 0.3) is 15.9 Å². The Bertz CT molecular complexity index is 1350. The van der Waals surface area contributed by atoms with Crippen LogP contribution in [0, 0.1) is 13.8 Å². The number of rotatable bonds is 4. The zero-order valence-electron chi connectivity index (χ0n) is 16.2. The number of benzene rings is 2. The maximum Gasteiger partial charge on any atom is 0.277 e. The first-order chi connectivity index (χ1) is 14.3. The topological polar surface area (TPSA) is 105 Å². The molecule has 0 saturated heterocycles. The highest BCUT2D eigenvalue weighted by molar-refractivity contribution is 7.93. The van der Waals surface area contributed by atoms with Crippen molar-refractivity contribution in [1.29, 1.82) is 0 Å². The van der Waals surface area contributed by atoms with Gasteiger partial charge in [-0.25, -0.2) is 17.9 Å². The van der Waals surface area contributed by atoms with Crippen molar-refractivity contribution in [1.82, 2.24) is 14.6 Å². The first kappa shape index (κ1) is 19.6. The fourth-order valence-electron chi connectivity index (χ4n) is 3.18. The summed E-state index contributed by atoms with van der Waals surface area (Å²) in [6, 6.07) is 14.9. The van der Waals surface area contributed by atoms with E-state index in [2.05, 4.69) is 10.1 Å². The van der Waals surface area contributed by atoms with Crippen LogP contribution in [-0.2, 0) is 10.0 Å². The van der Waals surface area contributed by atoms with Crippen molar-refractivity contribution < 1.29 is 18.3 Å². The number of aromatic hydroxyl groups is 1. The Labute approximate surface area is 173 Å². The van der Waals surface area contributed by atoms with E-state index in [-0.39, 0.29) is 27.5 Å². The fourth-order valence-corrected chi connectivity index (χ4v) is 4.61. The van der Waals surface area contributed by atoms with E-state index in [0.717, 1.165) is 5.69 Å². The van der Waals surface area contributed by atoms with Crippen molar-refractivity contribution in [2.45, 2.75) is 18.7 Å². The molecule has 0 spiro atoms. The Kier molecular flexibility index (Phi) is 4.75. The number of fused-ring (bicyclic) bond motifs is 1. The van der Waals surface area contributed by atoms with Gasteiger partial charge in [-0.15, -0.1) is 0 Å². The summed E-state index contributed by atoms with van der Waals surface area (Å²) in [6.45, 7) is 3.61. The summed E-state index contributed by atoms with van der Waals surface area (Å²) in [4.78, 5) is 17.9. The van der Waals surface area contributed by atoms with Crippen LogP contribution < -0.4 is 4.31 Å². The molecular weight excluding hydrogens is 404 g/mol. The number of carbonyl (C=O) groups is 1. The molecule has 0 radical (unpaired) electrons. The second kappa shape index (κ2) is 7.27. The van der Waals surface area contributed by atoms with E-state index >= 15 is 0 Å². The second-order valence-electron chi connectivity index (χ2n) is 6.74. The molecule has 2 aromatic carbocycles. The maximum absolute atomic E-state index is 13.5. The minimum absolute atomic E-state index is 0.0387. The molecule has 1 N–H and O–H groups in total. The predicted molar refractivity (Wildman–Crippen MR) is 111 cm³/mol. The van der Waals surface area contributed by atoms with Gasteiger partial charge in [0.2, 0.25) is 0 Å². The number of phenolic OH excluding ortho intramolecular Hbond substituents is 1. The quantitative estimate of drug-likeness (QED) is 0.542. The molecule has 2 heterocycles. The third kappa shape index (κ3) is 3.29. The van der Waals surface area contributed by atoms with E-state index in [0.29, 0.717) is 10.00 Å². The molecule has 30 heavy (non-hydrogen) atoms. The SMILES string of the molecule is Cc1cc(C)n2ncc(C(=O)N(c3ccc(O)cc3)S(=O)(=O)c3ccccc3)c2n1. The number of hydrogen-bond donors (Lipinski definition) is 1. The Morgan fingerprint density at radius 1 is 1.03 bits per heavy atom. The van der Waals surface area contributed by atoms with Gasteiger partial charge in [0.05, 0.1) is 16.8 Å². The highest BCUT2D eigenvalue weighted by Gasteiger charge is 2.34.